The molecule has 0 radical (unpaired) electrons. The Bertz CT molecular complexity index is 950. The summed E-state index contributed by atoms with van der Waals surface area (Å²) in [5.74, 6) is 0.557. The fraction of sp³-hybridized carbons (Fsp3) is 0.292. The van der Waals surface area contributed by atoms with Crippen LogP contribution in [0.4, 0.5) is 10.1 Å². The van der Waals surface area contributed by atoms with Crippen molar-refractivity contribution in [2.45, 2.75) is 25.4 Å². The summed E-state index contributed by atoms with van der Waals surface area (Å²) in [7, 11) is 1.67. The van der Waals surface area contributed by atoms with Crippen LogP contribution in [0.5, 0.6) is 5.75 Å². The largest absolute Gasteiger partial charge is 0.497 e. The molecule has 0 N–H and O–H groups in total. The van der Waals surface area contributed by atoms with Crippen LogP contribution in [0.25, 0.3) is 0 Å². The molecule has 4 nitrogen and oxygen atoms in total. The average molecular weight is 425 g/mol. The Kier molecular flexibility index (Phi) is 6.45. The normalized spacial score (nSPS) is 15.1. The van der Waals surface area contributed by atoms with Crippen molar-refractivity contribution in [3.63, 3.8) is 0 Å². The summed E-state index contributed by atoms with van der Waals surface area (Å²) in [5, 5.41) is 1.91. The van der Waals surface area contributed by atoms with Gasteiger partial charge in [0.05, 0.1) is 12.0 Å². The number of likely N-dealkylation sites (tertiary alicyclic amines) is 1. The van der Waals surface area contributed by atoms with Crippen molar-refractivity contribution in [3.05, 3.63) is 82.3 Å². The topological polar surface area (TPSA) is 32.8 Å². The third kappa shape index (κ3) is 4.71. The zero-order chi connectivity index (χ0) is 20.9. The van der Waals surface area contributed by atoms with E-state index in [0.29, 0.717) is 4.88 Å². The molecule has 156 valence electrons. The molecule has 0 spiro atoms. The number of methoxy groups -OCH3 is 1. The van der Waals surface area contributed by atoms with Gasteiger partial charge in [-0.3, -0.25) is 9.69 Å². The monoisotopic (exact) mass is 424 g/mol. The number of halogens is 1. The van der Waals surface area contributed by atoms with Crippen LogP contribution >= 0.6 is 11.3 Å². The van der Waals surface area contributed by atoms with Crippen molar-refractivity contribution in [1.29, 1.82) is 0 Å². The molecular formula is C24H25FN2O2S. The fourth-order valence-corrected chi connectivity index (χ4v) is 4.60. The van der Waals surface area contributed by atoms with Gasteiger partial charge in [0.1, 0.15) is 11.6 Å². The Labute approximate surface area is 180 Å². The zero-order valence-electron chi connectivity index (χ0n) is 17.0. The molecule has 0 atom stereocenters. The Balaban J connectivity index is 1.46. The van der Waals surface area contributed by atoms with Crippen LogP contribution in [-0.4, -0.2) is 37.0 Å². The number of hydrogen-bond acceptors (Lipinski definition) is 4. The van der Waals surface area contributed by atoms with Crippen molar-refractivity contribution in [2.75, 3.05) is 25.1 Å². The van der Waals surface area contributed by atoms with E-state index < -0.39 is 0 Å². The SMILES string of the molecule is COc1ccc(CN2CCC(N(C(=O)c3cccs3)c3ccc(F)cc3)CC2)cc1. The van der Waals surface area contributed by atoms with E-state index in [9.17, 15) is 9.18 Å². The van der Waals surface area contributed by atoms with E-state index in [-0.39, 0.29) is 17.8 Å². The quantitative estimate of drug-likeness (QED) is 0.545. The molecule has 6 heteroatoms. The molecule has 1 aromatic heterocycles. The maximum absolute atomic E-state index is 13.5. The number of carbonyl (C=O) groups excluding carboxylic acids is 1. The second-order valence-electron chi connectivity index (χ2n) is 7.48. The number of rotatable bonds is 6. The minimum atomic E-state index is -0.295. The molecule has 30 heavy (non-hydrogen) atoms. The second-order valence-corrected chi connectivity index (χ2v) is 8.43. The van der Waals surface area contributed by atoms with Gasteiger partial charge in [0.2, 0.25) is 0 Å². The zero-order valence-corrected chi connectivity index (χ0v) is 17.8. The first-order valence-corrected chi connectivity index (χ1v) is 11.0. The van der Waals surface area contributed by atoms with Gasteiger partial charge < -0.3 is 9.64 Å². The van der Waals surface area contributed by atoms with E-state index in [0.717, 1.165) is 43.9 Å². The minimum Gasteiger partial charge on any atom is -0.497 e. The Morgan fingerprint density at radius 3 is 2.40 bits per heavy atom. The highest BCUT2D eigenvalue weighted by Crippen LogP contribution is 2.28. The number of hydrogen-bond donors (Lipinski definition) is 0. The molecule has 0 bridgehead atoms. The molecule has 1 amide bonds. The summed E-state index contributed by atoms with van der Waals surface area (Å²) in [6.07, 6.45) is 1.76. The van der Waals surface area contributed by atoms with Gasteiger partial charge in [0.15, 0.2) is 0 Å². The number of piperidine rings is 1. The van der Waals surface area contributed by atoms with E-state index in [1.807, 2.05) is 34.5 Å². The highest BCUT2D eigenvalue weighted by Gasteiger charge is 2.30. The summed E-state index contributed by atoms with van der Waals surface area (Å²) < 4.78 is 18.7. The minimum absolute atomic E-state index is 0.00906. The smallest absolute Gasteiger partial charge is 0.268 e. The number of thiophene rings is 1. The lowest BCUT2D eigenvalue weighted by molar-refractivity contribution is 0.0962. The molecular weight excluding hydrogens is 399 g/mol. The lowest BCUT2D eigenvalue weighted by Gasteiger charge is -2.38. The average Bonchev–Trinajstić information content (AvgIpc) is 3.32. The lowest BCUT2D eigenvalue weighted by atomic mass is 10.0. The molecule has 0 aliphatic carbocycles. The van der Waals surface area contributed by atoms with Gasteiger partial charge in [0, 0.05) is 31.4 Å². The first kappa shape index (κ1) is 20.6. The maximum Gasteiger partial charge on any atom is 0.268 e. The maximum atomic E-state index is 13.5. The van der Waals surface area contributed by atoms with E-state index in [1.54, 1.807) is 19.2 Å². The number of ether oxygens (including phenoxy) is 1. The van der Waals surface area contributed by atoms with Gasteiger partial charge in [-0.15, -0.1) is 11.3 Å². The number of amides is 1. The van der Waals surface area contributed by atoms with Crippen molar-refractivity contribution < 1.29 is 13.9 Å². The van der Waals surface area contributed by atoms with Crippen molar-refractivity contribution in [1.82, 2.24) is 4.90 Å². The first-order chi connectivity index (χ1) is 14.6. The van der Waals surface area contributed by atoms with Gasteiger partial charge in [-0.1, -0.05) is 18.2 Å². The Morgan fingerprint density at radius 2 is 1.80 bits per heavy atom. The molecule has 1 aliphatic heterocycles. The molecule has 1 fully saturated rings. The van der Waals surface area contributed by atoms with Gasteiger partial charge in [-0.25, -0.2) is 4.39 Å². The van der Waals surface area contributed by atoms with Crippen LogP contribution in [0.3, 0.4) is 0 Å². The third-order valence-electron chi connectivity index (χ3n) is 5.54. The van der Waals surface area contributed by atoms with Gasteiger partial charge in [-0.05, 0) is 66.2 Å². The standard InChI is InChI=1S/C24H25FN2O2S/c1-29-22-10-4-18(5-11-22)17-26-14-12-21(13-15-26)27(20-8-6-19(25)7-9-20)24(28)23-3-2-16-30-23/h2-11,16,21H,12-15,17H2,1H3. The molecule has 1 aliphatic rings. The van der Waals surface area contributed by atoms with Crippen LogP contribution in [-0.2, 0) is 6.54 Å². The van der Waals surface area contributed by atoms with Crippen molar-refractivity contribution in [3.8, 4) is 5.75 Å². The van der Waals surface area contributed by atoms with E-state index >= 15 is 0 Å². The first-order valence-electron chi connectivity index (χ1n) is 10.1. The number of nitrogens with zero attached hydrogens (tertiary/aromatic N) is 2. The van der Waals surface area contributed by atoms with E-state index in [4.69, 9.17) is 4.74 Å². The highest BCUT2D eigenvalue weighted by atomic mass is 32.1. The Hall–Kier alpha value is -2.70. The summed E-state index contributed by atoms with van der Waals surface area (Å²) in [4.78, 5) is 18.2. The third-order valence-corrected chi connectivity index (χ3v) is 6.40. The molecule has 4 rings (SSSR count). The van der Waals surface area contributed by atoms with Crippen LogP contribution in [0.15, 0.2) is 66.0 Å². The van der Waals surface area contributed by atoms with Crippen LogP contribution < -0.4 is 9.64 Å². The van der Waals surface area contributed by atoms with Gasteiger partial charge in [0.25, 0.3) is 5.91 Å². The van der Waals surface area contributed by atoms with Crippen LogP contribution in [0.2, 0.25) is 0 Å². The van der Waals surface area contributed by atoms with Gasteiger partial charge in [-0.2, -0.15) is 0 Å². The molecule has 3 aromatic rings. The molecule has 2 aromatic carbocycles. The lowest BCUT2D eigenvalue weighted by Crippen LogP contribution is -2.47. The fourth-order valence-electron chi connectivity index (χ4n) is 3.94. The summed E-state index contributed by atoms with van der Waals surface area (Å²) >= 11 is 1.44. The molecule has 1 saturated heterocycles. The second kappa shape index (κ2) is 9.41. The van der Waals surface area contributed by atoms with Crippen molar-refractivity contribution in [2.24, 2.45) is 0 Å². The van der Waals surface area contributed by atoms with Gasteiger partial charge >= 0.3 is 0 Å². The summed E-state index contributed by atoms with van der Waals surface area (Å²) in [5.41, 5.74) is 2.00. The van der Waals surface area contributed by atoms with Crippen molar-refractivity contribution >= 4 is 22.9 Å². The molecule has 0 unspecified atom stereocenters. The number of anilines is 1. The van der Waals surface area contributed by atoms with Crippen LogP contribution in [0, 0.1) is 5.82 Å². The predicted octanol–water partition coefficient (Wildman–Crippen LogP) is 5.21. The Morgan fingerprint density at radius 1 is 1.10 bits per heavy atom. The van der Waals surface area contributed by atoms with E-state index in [1.165, 1.54) is 29.0 Å². The van der Waals surface area contributed by atoms with Crippen LogP contribution in [0.1, 0.15) is 28.1 Å². The molecule has 0 saturated carbocycles. The summed E-state index contributed by atoms with van der Waals surface area (Å²) in [6.45, 7) is 2.70. The number of carbonyl (C=O) groups is 1. The predicted molar refractivity (Wildman–Crippen MR) is 119 cm³/mol. The number of benzene rings is 2. The van der Waals surface area contributed by atoms with E-state index in [2.05, 4.69) is 17.0 Å². The highest BCUT2D eigenvalue weighted by molar-refractivity contribution is 7.12. The summed E-state index contributed by atoms with van der Waals surface area (Å²) in [6, 6.07) is 18.2. The molecule has 2 heterocycles.